The van der Waals surface area contributed by atoms with Crippen LogP contribution in [0.1, 0.15) is 67.7 Å². The Morgan fingerprint density at radius 2 is 1.29 bits per heavy atom. The molecule has 0 unspecified atom stereocenters. The first-order chi connectivity index (χ1) is 6.25. The van der Waals surface area contributed by atoms with E-state index in [-0.39, 0.29) is 0 Å². The van der Waals surface area contributed by atoms with E-state index in [1.165, 1.54) is 19.3 Å². The van der Waals surface area contributed by atoms with Crippen molar-refractivity contribution in [3.63, 3.8) is 0 Å². The van der Waals surface area contributed by atoms with E-state index in [1.807, 2.05) is 0 Å². The molecule has 0 aliphatic heterocycles. The number of hydrogen-bond acceptors (Lipinski definition) is 0. The van der Waals surface area contributed by atoms with Gasteiger partial charge >= 0.3 is 0 Å². The average molecular weight is 196 g/mol. The van der Waals surface area contributed by atoms with Crippen LogP contribution in [0.3, 0.4) is 0 Å². The highest BCUT2D eigenvalue weighted by atomic mass is 14.3. The molecule has 0 fully saturated rings. The Morgan fingerprint density at radius 3 is 1.50 bits per heavy atom. The highest BCUT2D eigenvalue weighted by molar-refractivity contribution is 4.95. The summed E-state index contributed by atoms with van der Waals surface area (Å²) in [7, 11) is 0. The standard InChI is InChI=1S/C14H28/c1-11(2)8-14(7,9-12(3)4)10-13(5)6/h11H,8-10H2,1-7H3/q+2. The minimum Gasteiger partial charge on any atom is -0.0627 e. The van der Waals surface area contributed by atoms with Crippen LogP contribution in [-0.4, -0.2) is 0 Å². The summed E-state index contributed by atoms with van der Waals surface area (Å²) in [5, 5.41) is 0. The van der Waals surface area contributed by atoms with E-state index >= 15 is 0 Å². The third-order valence-electron chi connectivity index (χ3n) is 2.46. The number of hydrogen-bond donors (Lipinski definition) is 0. The molecule has 0 N–H and O–H groups in total. The van der Waals surface area contributed by atoms with Crippen molar-refractivity contribution < 1.29 is 0 Å². The summed E-state index contributed by atoms with van der Waals surface area (Å²) in [6.07, 6.45) is 3.88. The zero-order valence-corrected chi connectivity index (χ0v) is 11.2. The van der Waals surface area contributed by atoms with E-state index in [4.69, 9.17) is 0 Å². The minimum absolute atomic E-state index is 0.492. The van der Waals surface area contributed by atoms with Crippen LogP contribution in [0.2, 0.25) is 0 Å². The first-order valence-electron chi connectivity index (χ1n) is 5.83. The Bertz CT molecular complexity index is 116. The van der Waals surface area contributed by atoms with Crippen molar-refractivity contribution >= 4 is 0 Å². The Balaban J connectivity index is 4.32. The molecule has 82 valence electrons. The van der Waals surface area contributed by atoms with Crippen LogP contribution in [0.15, 0.2) is 0 Å². The van der Waals surface area contributed by atoms with Gasteiger partial charge in [0.1, 0.15) is 0 Å². The van der Waals surface area contributed by atoms with Crippen LogP contribution >= 0.6 is 0 Å². The van der Waals surface area contributed by atoms with Crippen molar-refractivity contribution in [1.29, 1.82) is 0 Å². The lowest BCUT2D eigenvalue weighted by molar-refractivity contribution is 0.230. The monoisotopic (exact) mass is 196 g/mol. The fourth-order valence-corrected chi connectivity index (χ4v) is 2.90. The van der Waals surface area contributed by atoms with Gasteiger partial charge in [-0.1, -0.05) is 20.8 Å². The quantitative estimate of drug-likeness (QED) is 0.522. The summed E-state index contributed by atoms with van der Waals surface area (Å²) in [6, 6.07) is 0. The Morgan fingerprint density at radius 1 is 0.929 bits per heavy atom. The molecular formula is C14H28+2. The Kier molecular flexibility index (Phi) is 5.48. The summed E-state index contributed by atoms with van der Waals surface area (Å²) in [5.74, 6) is 3.93. The van der Waals surface area contributed by atoms with E-state index in [0.29, 0.717) is 5.41 Å². The van der Waals surface area contributed by atoms with Gasteiger partial charge in [-0.3, -0.25) is 0 Å². The summed E-state index contributed by atoms with van der Waals surface area (Å²) in [5.41, 5.74) is 0.492. The predicted octanol–water partition coefficient (Wildman–Crippen LogP) is 5.05. The molecule has 0 aromatic heterocycles. The molecule has 0 saturated heterocycles. The first-order valence-corrected chi connectivity index (χ1v) is 5.83. The van der Waals surface area contributed by atoms with Crippen LogP contribution in [-0.2, 0) is 0 Å². The topological polar surface area (TPSA) is 0 Å². The van der Waals surface area contributed by atoms with E-state index in [1.54, 1.807) is 11.8 Å². The van der Waals surface area contributed by atoms with Gasteiger partial charge in [0.2, 0.25) is 0 Å². The largest absolute Gasteiger partial charge is 0.0988 e. The first kappa shape index (κ1) is 13.7. The van der Waals surface area contributed by atoms with Crippen molar-refractivity contribution in [2.45, 2.75) is 67.7 Å². The van der Waals surface area contributed by atoms with Crippen molar-refractivity contribution in [1.82, 2.24) is 0 Å². The summed E-state index contributed by atoms with van der Waals surface area (Å²) in [6.45, 7) is 16.1. The molecular weight excluding hydrogens is 168 g/mol. The molecule has 0 heterocycles. The second kappa shape index (κ2) is 5.58. The molecule has 0 spiro atoms. The normalized spacial score (nSPS) is 12.0. The molecule has 0 aliphatic carbocycles. The van der Waals surface area contributed by atoms with Crippen LogP contribution in [0.5, 0.6) is 0 Å². The van der Waals surface area contributed by atoms with Crippen LogP contribution < -0.4 is 0 Å². The lowest BCUT2D eigenvalue weighted by Crippen LogP contribution is -2.22. The second-order valence-electron chi connectivity index (χ2n) is 6.18. The van der Waals surface area contributed by atoms with Crippen LogP contribution in [0.25, 0.3) is 0 Å². The molecule has 0 aromatic carbocycles. The van der Waals surface area contributed by atoms with Gasteiger partial charge in [-0.15, -0.1) is 0 Å². The molecule has 0 rings (SSSR count). The predicted molar refractivity (Wildman–Crippen MR) is 66.0 cm³/mol. The van der Waals surface area contributed by atoms with Crippen molar-refractivity contribution in [2.75, 3.05) is 0 Å². The molecule has 0 nitrogen and oxygen atoms in total. The molecule has 0 atom stereocenters. The highest BCUT2D eigenvalue weighted by Crippen LogP contribution is 2.39. The summed E-state index contributed by atoms with van der Waals surface area (Å²) >= 11 is 0. The Labute approximate surface area is 91.5 Å². The third kappa shape index (κ3) is 6.23. The fraction of sp³-hybridized carbons (Fsp3) is 0.857. The Hall–Kier alpha value is -0.260. The molecule has 0 radical (unpaired) electrons. The fourth-order valence-electron chi connectivity index (χ4n) is 2.90. The summed E-state index contributed by atoms with van der Waals surface area (Å²) in [4.78, 5) is 0. The van der Waals surface area contributed by atoms with Gasteiger partial charge < -0.3 is 0 Å². The van der Waals surface area contributed by atoms with Crippen LogP contribution in [0.4, 0.5) is 0 Å². The molecule has 0 heteroatoms. The van der Waals surface area contributed by atoms with Crippen molar-refractivity contribution in [3.8, 4) is 0 Å². The van der Waals surface area contributed by atoms with Gasteiger partial charge in [-0.05, 0) is 12.3 Å². The van der Waals surface area contributed by atoms with Gasteiger partial charge in [0, 0.05) is 5.41 Å². The second-order valence-corrected chi connectivity index (χ2v) is 6.18. The summed E-state index contributed by atoms with van der Waals surface area (Å²) < 4.78 is 0. The molecule has 0 aliphatic rings. The maximum Gasteiger partial charge on any atom is 0.0988 e. The van der Waals surface area contributed by atoms with Gasteiger partial charge in [0.15, 0.2) is 0 Å². The highest BCUT2D eigenvalue weighted by Gasteiger charge is 2.36. The third-order valence-corrected chi connectivity index (χ3v) is 2.46. The van der Waals surface area contributed by atoms with Gasteiger partial charge in [0.25, 0.3) is 0 Å². The average Bonchev–Trinajstić information content (AvgIpc) is 1.76. The SMILES string of the molecule is C[C+](C)CC(C)(C[C+](C)C)CC(C)C. The van der Waals surface area contributed by atoms with Crippen molar-refractivity contribution in [3.05, 3.63) is 11.8 Å². The molecule has 14 heavy (non-hydrogen) atoms. The van der Waals surface area contributed by atoms with Crippen molar-refractivity contribution in [2.24, 2.45) is 11.3 Å². The smallest absolute Gasteiger partial charge is 0.0627 e. The molecule has 0 amide bonds. The zero-order valence-electron chi connectivity index (χ0n) is 11.2. The minimum atomic E-state index is 0.492. The van der Waals surface area contributed by atoms with Gasteiger partial charge in [-0.25, -0.2) is 0 Å². The van der Waals surface area contributed by atoms with E-state index in [0.717, 1.165) is 5.92 Å². The molecule has 0 bridgehead atoms. The lowest BCUT2D eigenvalue weighted by atomic mass is 9.71. The van der Waals surface area contributed by atoms with Crippen LogP contribution in [0, 0.1) is 23.2 Å². The maximum absolute atomic E-state index is 2.44. The lowest BCUT2D eigenvalue weighted by Gasteiger charge is -2.26. The van der Waals surface area contributed by atoms with Gasteiger partial charge in [0.05, 0.1) is 52.4 Å². The van der Waals surface area contributed by atoms with E-state index in [2.05, 4.69) is 48.5 Å². The van der Waals surface area contributed by atoms with E-state index in [9.17, 15) is 0 Å². The molecule has 0 saturated carbocycles. The van der Waals surface area contributed by atoms with Gasteiger partial charge in [-0.2, -0.15) is 0 Å². The zero-order chi connectivity index (χ0) is 11.4. The van der Waals surface area contributed by atoms with E-state index < -0.39 is 0 Å². The number of rotatable bonds is 6. The maximum atomic E-state index is 2.44. The molecule has 0 aromatic rings.